The van der Waals surface area contributed by atoms with Crippen LogP contribution in [0, 0.1) is 0 Å². The van der Waals surface area contributed by atoms with Crippen LogP contribution < -0.4 is 5.32 Å². The second-order valence-electron chi connectivity index (χ2n) is 5.47. The zero-order valence-electron chi connectivity index (χ0n) is 11.8. The molecule has 1 aliphatic rings. The first-order valence-electron chi connectivity index (χ1n) is 7.08. The number of carbonyl (C=O) groups excluding carboxylic acids is 1. The highest BCUT2D eigenvalue weighted by atomic mass is 16.2. The molecule has 1 N–H and O–H groups in total. The van der Waals surface area contributed by atoms with Crippen LogP contribution >= 0.6 is 0 Å². The molecule has 0 unspecified atom stereocenters. The Balaban J connectivity index is 1.87. The van der Waals surface area contributed by atoms with Crippen molar-refractivity contribution in [3.8, 4) is 0 Å². The normalized spacial score (nSPS) is 14.7. The monoisotopic (exact) mass is 261 g/mol. The average Bonchev–Trinajstić information content (AvgIpc) is 3.21. The lowest BCUT2D eigenvalue weighted by Gasteiger charge is -2.23. The lowest BCUT2D eigenvalue weighted by atomic mass is 10.2. The minimum absolute atomic E-state index is 0.257. The summed E-state index contributed by atoms with van der Waals surface area (Å²) in [6, 6.07) is 4.85. The van der Waals surface area contributed by atoms with E-state index in [-0.39, 0.29) is 5.91 Å². The van der Waals surface area contributed by atoms with Crippen molar-refractivity contribution in [3.63, 3.8) is 0 Å². The van der Waals surface area contributed by atoms with Crippen molar-refractivity contribution < 1.29 is 4.79 Å². The van der Waals surface area contributed by atoms with Crippen LogP contribution in [-0.4, -0.2) is 34.4 Å². The van der Waals surface area contributed by atoms with Crippen LogP contribution in [0.15, 0.2) is 24.5 Å². The second kappa shape index (κ2) is 6.66. The van der Waals surface area contributed by atoms with Gasteiger partial charge in [0.25, 0.3) is 0 Å². The Labute approximate surface area is 115 Å². The molecule has 2 rings (SSSR count). The van der Waals surface area contributed by atoms with Gasteiger partial charge in [0.05, 0.1) is 0 Å². The van der Waals surface area contributed by atoms with E-state index in [1.807, 2.05) is 17.0 Å². The average molecular weight is 261 g/mol. The van der Waals surface area contributed by atoms with Gasteiger partial charge in [0, 0.05) is 44.0 Å². The molecule has 0 spiro atoms. The predicted octanol–water partition coefficient (Wildman–Crippen LogP) is 1.96. The van der Waals surface area contributed by atoms with Gasteiger partial charge in [-0.2, -0.15) is 0 Å². The summed E-state index contributed by atoms with van der Waals surface area (Å²) < 4.78 is 0. The lowest BCUT2D eigenvalue weighted by molar-refractivity contribution is -0.132. The molecule has 104 valence electrons. The van der Waals surface area contributed by atoms with Gasteiger partial charge < -0.3 is 10.2 Å². The molecular weight excluding hydrogens is 238 g/mol. The number of hydrogen-bond acceptors (Lipinski definition) is 3. The largest absolute Gasteiger partial charge is 0.335 e. The first kappa shape index (κ1) is 14.0. The smallest absolute Gasteiger partial charge is 0.224 e. The molecule has 1 aromatic heterocycles. The summed E-state index contributed by atoms with van der Waals surface area (Å²) in [5.74, 6) is 0.257. The van der Waals surface area contributed by atoms with E-state index in [1.54, 1.807) is 12.4 Å². The van der Waals surface area contributed by atoms with Gasteiger partial charge in [0.15, 0.2) is 0 Å². The maximum Gasteiger partial charge on any atom is 0.224 e. The standard InChI is InChI=1S/C15H23N3O/c1-12(2)17-10-7-15(19)18(14-3-4-14)11-13-5-8-16-9-6-13/h5-6,8-9,12,14,17H,3-4,7,10-11H2,1-2H3. The van der Waals surface area contributed by atoms with Crippen molar-refractivity contribution in [2.45, 2.75) is 51.7 Å². The Kier molecular flexibility index (Phi) is 4.91. The Bertz CT molecular complexity index is 401. The second-order valence-corrected chi connectivity index (χ2v) is 5.47. The van der Waals surface area contributed by atoms with E-state index in [0.29, 0.717) is 25.0 Å². The van der Waals surface area contributed by atoms with Crippen LogP contribution in [0.3, 0.4) is 0 Å². The number of pyridine rings is 1. The zero-order valence-corrected chi connectivity index (χ0v) is 11.8. The first-order valence-corrected chi connectivity index (χ1v) is 7.08. The van der Waals surface area contributed by atoms with Crippen LogP contribution in [0.1, 0.15) is 38.7 Å². The fourth-order valence-electron chi connectivity index (χ4n) is 2.10. The topological polar surface area (TPSA) is 45.2 Å². The summed E-state index contributed by atoms with van der Waals surface area (Å²) in [5.41, 5.74) is 1.16. The molecule has 1 saturated carbocycles. The van der Waals surface area contributed by atoms with Gasteiger partial charge in [-0.15, -0.1) is 0 Å². The number of hydrogen-bond donors (Lipinski definition) is 1. The fourth-order valence-corrected chi connectivity index (χ4v) is 2.10. The highest BCUT2D eigenvalue weighted by Gasteiger charge is 2.32. The third kappa shape index (κ3) is 4.63. The van der Waals surface area contributed by atoms with E-state index in [4.69, 9.17) is 0 Å². The van der Waals surface area contributed by atoms with Gasteiger partial charge in [-0.25, -0.2) is 0 Å². The summed E-state index contributed by atoms with van der Waals surface area (Å²) in [7, 11) is 0. The Morgan fingerprint density at radius 3 is 2.68 bits per heavy atom. The number of aromatic nitrogens is 1. The van der Waals surface area contributed by atoms with Gasteiger partial charge in [0.2, 0.25) is 5.91 Å². The molecule has 4 nitrogen and oxygen atoms in total. The third-order valence-corrected chi connectivity index (χ3v) is 3.30. The van der Waals surface area contributed by atoms with Crippen LogP contribution in [0.2, 0.25) is 0 Å². The summed E-state index contributed by atoms with van der Waals surface area (Å²) in [6.07, 6.45) is 6.44. The molecule has 0 saturated heterocycles. The molecule has 1 fully saturated rings. The highest BCUT2D eigenvalue weighted by molar-refractivity contribution is 5.77. The summed E-state index contributed by atoms with van der Waals surface area (Å²) >= 11 is 0. The van der Waals surface area contributed by atoms with Gasteiger partial charge >= 0.3 is 0 Å². The molecule has 0 atom stereocenters. The van der Waals surface area contributed by atoms with Crippen LogP contribution in [0.5, 0.6) is 0 Å². The number of nitrogens with one attached hydrogen (secondary N) is 1. The third-order valence-electron chi connectivity index (χ3n) is 3.30. The van der Waals surface area contributed by atoms with E-state index < -0.39 is 0 Å². The predicted molar refractivity (Wildman–Crippen MR) is 75.6 cm³/mol. The number of nitrogens with zero attached hydrogens (tertiary/aromatic N) is 2. The molecule has 1 aliphatic carbocycles. The minimum Gasteiger partial charge on any atom is -0.335 e. The van der Waals surface area contributed by atoms with Crippen molar-refractivity contribution >= 4 is 5.91 Å². The quantitative estimate of drug-likeness (QED) is 0.816. The molecule has 19 heavy (non-hydrogen) atoms. The molecule has 1 heterocycles. The van der Waals surface area contributed by atoms with E-state index >= 15 is 0 Å². The molecule has 0 radical (unpaired) electrons. The van der Waals surface area contributed by atoms with Crippen LogP contribution in [0.25, 0.3) is 0 Å². The Morgan fingerprint density at radius 2 is 2.11 bits per heavy atom. The van der Waals surface area contributed by atoms with E-state index in [0.717, 1.165) is 24.9 Å². The van der Waals surface area contributed by atoms with Gasteiger partial charge in [-0.3, -0.25) is 9.78 Å². The molecule has 0 aromatic carbocycles. The lowest BCUT2D eigenvalue weighted by Crippen LogP contribution is -2.35. The van der Waals surface area contributed by atoms with Crippen LogP contribution in [-0.2, 0) is 11.3 Å². The molecule has 1 amide bonds. The Hall–Kier alpha value is -1.42. The zero-order chi connectivity index (χ0) is 13.7. The summed E-state index contributed by atoms with van der Waals surface area (Å²) in [4.78, 5) is 18.3. The van der Waals surface area contributed by atoms with Gasteiger partial charge in [-0.05, 0) is 30.5 Å². The Morgan fingerprint density at radius 1 is 1.42 bits per heavy atom. The highest BCUT2D eigenvalue weighted by Crippen LogP contribution is 2.28. The first-order chi connectivity index (χ1) is 9.16. The number of rotatable bonds is 7. The van der Waals surface area contributed by atoms with Gasteiger partial charge in [-0.1, -0.05) is 13.8 Å². The summed E-state index contributed by atoms with van der Waals surface area (Å²) in [5, 5.41) is 3.30. The van der Waals surface area contributed by atoms with Crippen molar-refractivity contribution in [1.29, 1.82) is 0 Å². The molecule has 4 heteroatoms. The van der Waals surface area contributed by atoms with E-state index in [9.17, 15) is 4.79 Å². The van der Waals surface area contributed by atoms with Crippen molar-refractivity contribution in [2.24, 2.45) is 0 Å². The minimum atomic E-state index is 0.257. The maximum absolute atomic E-state index is 12.3. The van der Waals surface area contributed by atoms with E-state index in [2.05, 4.69) is 24.1 Å². The van der Waals surface area contributed by atoms with Gasteiger partial charge in [0.1, 0.15) is 0 Å². The molecule has 1 aromatic rings. The van der Waals surface area contributed by atoms with Crippen molar-refractivity contribution in [3.05, 3.63) is 30.1 Å². The summed E-state index contributed by atoms with van der Waals surface area (Å²) in [6.45, 7) is 5.67. The molecule has 0 bridgehead atoms. The maximum atomic E-state index is 12.3. The van der Waals surface area contributed by atoms with Crippen molar-refractivity contribution in [1.82, 2.24) is 15.2 Å². The molecule has 0 aliphatic heterocycles. The van der Waals surface area contributed by atoms with Crippen LogP contribution in [0.4, 0.5) is 0 Å². The number of carbonyl (C=O) groups is 1. The van der Waals surface area contributed by atoms with Crippen molar-refractivity contribution in [2.75, 3.05) is 6.54 Å². The van der Waals surface area contributed by atoms with E-state index in [1.165, 1.54) is 0 Å². The SMILES string of the molecule is CC(C)NCCC(=O)N(Cc1ccncc1)C1CC1. The fraction of sp³-hybridized carbons (Fsp3) is 0.600. The number of amides is 1. The molecular formula is C15H23N3O.